The zero-order valence-electron chi connectivity index (χ0n) is 13.2. The Labute approximate surface area is 154 Å². The number of anilines is 1. The maximum Gasteiger partial charge on any atom is 0.417 e. The van der Waals surface area contributed by atoms with Crippen molar-refractivity contribution in [3.63, 3.8) is 0 Å². The van der Waals surface area contributed by atoms with E-state index in [9.17, 15) is 18.0 Å². The second-order valence-corrected chi connectivity index (χ2v) is 6.80. The molecule has 2 N–H and O–H groups in total. The van der Waals surface area contributed by atoms with E-state index in [0.717, 1.165) is 22.8 Å². The highest BCUT2D eigenvalue weighted by Crippen LogP contribution is 2.28. The first-order valence-electron chi connectivity index (χ1n) is 7.47. The summed E-state index contributed by atoms with van der Waals surface area (Å²) in [5.41, 5.74) is 0.513. The third-order valence-electron chi connectivity index (χ3n) is 3.31. The van der Waals surface area contributed by atoms with E-state index in [-0.39, 0.29) is 12.5 Å². The van der Waals surface area contributed by atoms with E-state index >= 15 is 0 Å². The highest BCUT2D eigenvalue weighted by Gasteiger charge is 2.30. The van der Waals surface area contributed by atoms with Crippen LogP contribution in [-0.2, 0) is 6.18 Å². The summed E-state index contributed by atoms with van der Waals surface area (Å²) < 4.78 is 37.4. The second kappa shape index (κ2) is 7.83. The number of amides is 1. The van der Waals surface area contributed by atoms with E-state index in [2.05, 4.69) is 20.6 Å². The Balaban J connectivity index is 1.45. The number of hydrogen-bond donors (Lipinski definition) is 2. The summed E-state index contributed by atoms with van der Waals surface area (Å²) in [5, 5.41) is 11.9. The fourth-order valence-electron chi connectivity index (χ4n) is 2.02. The molecular formula is C16H13F3N4OS2. The minimum Gasteiger partial charge on any atom is -0.368 e. The molecule has 0 saturated carbocycles. The summed E-state index contributed by atoms with van der Waals surface area (Å²) in [6, 6.07) is 4.14. The van der Waals surface area contributed by atoms with Gasteiger partial charge in [-0.05, 0) is 23.6 Å². The lowest BCUT2D eigenvalue weighted by atomic mass is 10.3. The number of carbonyl (C=O) groups is 1. The molecule has 3 heterocycles. The number of alkyl halides is 3. The molecule has 3 aromatic heterocycles. The highest BCUT2D eigenvalue weighted by atomic mass is 32.1. The normalized spacial score (nSPS) is 11.3. The van der Waals surface area contributed by atoms with Crippen molar-refractivity contribution in [2.24, 2.45) is 0 Å². The van der Waals surface area contributed by atoms with Crippen LogP contribution in [0.15, 0.2) is 40.5 Å². The zero-order chi connectivity index (χ0) is 18.6. The largest absolute Gasteiger partial charge is 0.417 e. The van der Waals surface area contributed by atoms with Crippen LogP contribution in [-0.4, -0.2) is 29.0 Å². The summed E-state index contributed by atoms with van der Waals surface area (Å²) in [5.74, 6) is 0.00515. The predicted molar refractivity (Wildman–Crippen MR) is 95.5 cm³/mol. The number of thiophene rings is 1. The Hall–Kier alpha value is -2.46. The van der Waals surface area contributed by atoms with Gasteiger partial charge in [0.2, 0.25) is 0 Å². The van der Waals surface area contributed by atoms with Gasteiger partial charge in [-0.15, -0.1) is 11.3 Å². The number of aromatic nitrogens is 2. The number of pyridine rings is 1. The first kappa shape index (κ1) is 18.3. The molecule has 0 atom stereocenters. The number of thiazole rings is 1. The topological polar surface area (TPSA) is 66.9 Å². The fraction of sp³-hybridized carbons (Fsp3) is 0.188. The summed E-state index contributed by atoms with van der Waals surface area (Å²) in [4.78, 5) is 20.1. The van der Waals surface area contributed by atoms with Crippen molar-refractivity contribution < 1.29 is 18.0 Å². The van der Waals surface area contributed by atoms with Crippen molar-refractivity contribution in [3.05, 3.63) is 51.8 Å². The van der Waals surface area contributed by atoms with Crippen molar-refractivity contribution >= 4 is 34.4 Å². The molecule has 0 spiro atoms. The van der Waals surface area contributed by atoms with Crippen LogP contribution < -0.4 is 10.6 Å². The third-order valence-corrected chi connectivity index (χ3v) is 4.89. The maximum absolute atomic E-state index is 12.5. The Morgan fingerprint density at radius 3 is 2.65 bits per heavy atom. The molecule has 0 saturated heterocycles. The molecule has 1 amide bonds. The molecule has 0 radical (unpaired) electrons. The van der Waals surface area contributed by atoms with Crippen molar-refractivity contribution in [2.75, 3.05) is 18.4 Å². The van der Waals surface area contributed by atoms with E-state index in [1.165, 1.54) is 17.4 Å². The van der Waals surface area contributed by atoms with Gasteiger partial charge in [0, 0.05) is 35.6 Å². The Morgan fingerprint density at radius 2 is 2.00 bits per heavy atom. The molecule has 3 rings (SSSR count). The SMILES string of the molecule is O=C(NCCNc1ccc(C(F)(F)F)cn1)c1csc(-c2ccsc2)n1. The van der Waals surface area contributed by atoms with Crippen LogP contribution in [0.2, 0.25) is 0 Å². The van der Waals surface area contributed by atoms with E-state index in [1.54, 1.807) is 16.7 Å². The number of nitrogens with one attached hydrogen (secondary N) is 2. The number of hydrogen-bond acceptors (Lipinski definition) is 6. The van der Waals surface area contributed by atoms with E-state index in [1.807, 2.05) is 16.8 Å². The quantitative estimate of drug-likeness (QED) is 0.613. The van der Waals surface area contributed by atoms with Crippen LogP contribution >= 0.6 is 22.7 Å². The Morgan fingerprint density at radius 1 is 1.15 bits per heavy atom. The summed E-state index contributed by atoms with van der Waals surface area (Å²) in [7, 11) is 0. The van der Waals surface area contributed by atoms with E-state index in [0.29, 0.717) is 18.1 Å². The predicted octanol–water partition coefficient (Wildman–Crippen LogP) is 4.13. The number of carbonyl (C=O) groups excluding carboxylic acids is 1. The van der Waals surface area contributed by atoms with Gasteiger partial charge in [-0.3, -0.25) is 4.79 Å². The van der Waals surface area contributed by atoms with Crippen LogP contribution in [0.4, 0.5) is 19.0 Å². The van der Waals surface area contributed by atoms with Gasteiger partial charge in [0.05, 0.1) is 5.56 Å². The molecule has 0 aliphatic heterocycles. The van der Waals surface area contributed by atoms with Gasteiger partial charge in [0.25, 0.3) is 5.91 Å². The van der Waals surface area contributed by atoms with Gasteiger partial charge in [0.15, 0.2) is 0 Å². The molecule has 136 valence electrons. The van der Waals surface area contributed by atoms with Crippen LogP contribution in [0, 0.1) is 0 Å². The van der Waals surface area contributed by atoms with Gasteiger partial charge in [-0.1, -0.05) is 0 Å². The molecule has 0 aliphatic rings. The van der Waals surface area contributed by atoms with Crippen molar-refractivity contribution in [1.82, 2.24) is 15.3 Å². The van der Waals surface area contributed by atoms with Crippen molar-refractivity contribution in [1.29, 1.82) is 0 Å². The number of rotatable bonds is 6. The van der Waals surface area contributed by atoms with Gasteiger partial charge < -0.3 is 10.6 Å². The van der Waals surface area contributed by atoms with E-state index < -0.39 is 11.7 Å². The number of halogens is 3. The average Bonchev–Trinajstić information content (AvgIpc) is 3.29. The second-order valence-electron chi connectivity index (χ2n) is 5.16. The Bertz CT molecular complexity index is 861. The van der Waals surface area contributed by atoms with Crippen LogP contribution in [0.25, 0.3) is 10.6 Å². The van der Waals surface area contributed by atoms with Gasteiger partial charge in [-0.25, -0.2) is 9.97 Å². The van der Waals surface area contributed by atoms with Crippen molar-refractivity contribution in [2.45, 2.75) is 6.18 Å². The first-order chi connectivity index (χ1) is 12.4. The van der Waals surface area contributed by atoms with Crippen LogP contribution in [0.5, 0.6) is 0 Å². The lowest BCUT2D eigenvalue weighted by Gasteiger charge is -2.09. The molecule has 0 bridgehead atoms. The molecule has 0 fully saturated rings. The monoisotopic (exact) mass is 398 g/mol. The molecule has 26 heavy (non-hydrogen) atoms. The highest BCUT2D eigenvalue weighted by molar-refractivity contribution is 7.14. The van der Waals surface area contributed by atoms with Gasteiger partial charge in [-0.2, -0.15) is 24.5 Å². The molecule has 5 nitrogen and oxygen atoms in total. The van der Waals surface area contributed by atoms with E-state index in [4.69, 9.17) is 0 Å². The molecule has 3 aromatic rings. The molecule has 0 unspecified atom stereocenters. The van der Waals surface area contributed by atoms with Crippen LogP contribution in [0.1, 0.15) is 16.1 Å². The van der Waals surface area contributed by atoms with Gasteiger partial charge >= 0.3 is 6.18 Å². The standard InChI is InChI=1S/C16H13F3N4OS2/c17-16(18,19)11-1-2-13(22-7-11)20-4-5-21-14(24)12-9-26-15(23-12)10-3-6-25-8-10/h1-3,6-9H,4-5H2,(H,20,22)(H,21,24). The Kier molecular flexibility index (Phi) is 5.52. The summed E-state index contributed by atoms with van der Waals surface area (Å²) in [6.07, 6.45) is -3.64. The number of nitrogens with zero attached hydrogens (tertiary/aromatic N) is 2. The molecule has 0 aromatic carbocycles. The lowest BCUT2D eigenvalue weighted by molar-refractivity contribution is -0.137. The maximum atomic E-state index is 12.5. The smallest absolute Gasteiger partial charge is 0.368 e. The zero-order valence-corrected chi connectivity index (χ0v) is 14.8. The van der Waals surface area contributed by atoms with Gasteiger partial charge in [0.1, 0.15) is 16.5 Å². The summed E-state index contributed by atoms with van der Waals surface area (Å²) in [6.45, 7) is 0.610. The molecular weight excluding hydrogens is 385 g/mol. The fourth-order valence-corrected chi connectivity index (χ4v) is 3.53. The molecule has 10 heteroatoms. The molecule has 0 aliphatic carbocycles. The van der Waals surface area contributed by atoms with Crippen molar-refractivity contribution in [3.8, 4) is 10.6 Å². The summed E-state index contributed by atoms with van der Waals surface area (Å²) >= 11 is 2.95. The average molecular weight is 398 g/mol. The first-order valence-corrected chi connectivity index (χ1v) is 9.29. The lowest BCUT2D eigenvalue weighted by Crippen LogP contribution is -2.29. The third kappa shape index (κ3) is 4.58. The minimum absolute atomic E-state index is 0.285. The minimum atomic E-state index is -4.41. The van der Waals surface area contributed by atoms with Crippen LogP contribution in [0.3, 0.4) is 0 Å².